The molecule has 0 radical (unpaired) electrons. The van der Waals surface area contributed by atoms with Gasteiger partial charge in [0.2, 0.25) is 0 Å². The molecule has 39 heavy (non-hydrogen) atoms. The Bertz CT molecular complexity index is 852. The van der Waals surface area contributed by atoms with Crippen LogP contribution in [0, 0.1) is 6.92 Å². The van der Waals surface area contributed by atoms with Gasteiger partial charge in [0, 0.05) is 36.9 Å². The van der Waals surface area contributed by atoms with Gasteiger partial charge >= 0.3 is 0 Å². The number of hydrogen-bond donors (Lipinski definition) is 3. The molecule has 0 fully saturated rings. The van der Waals surface area contributed by atoms with E-state index in [4.69, 9.17) is 0 Å². The standard InChI is InChI=1S/C10H13N.C9H11N.C7H17N.C4H8O.C2H5N.C2H6/c1-8(2)11-10-6-4-5-9(3)7-10;1-10-6-8-4-2-3-5-9(8)7-10;1-4-5-6-8-7(2)3;1-3-4(2)5;1-2-3;1-2/h4-7,11H,1H2,2-3H3;2-5H,6-7H2,1H3;7-8H,4-6H2,1-3H3;3H2,1-2H3;2H,1,3H2;1-2H3. The molecule has 0 aliphatic carbocycles. The summed E-state index contributed by atoms with van der Waals surface area (Å²) in [6.45, 7) is 28.3. The summed E-state index contributed by atoms with van der Waals surface area (Å²) in [6.07, 6.45) is 4.51. The zero-order valence-corrected chi connectivity index (χ0v) is 26.9. The highest BCUT2D eigenvalue weighted by Crippen LogP contribution is 2.19. The molecule has 0 saturated heterocycles. The van der Waals surface area contributed by atoms with Crippen LogP contribution in [0.2, 0.25) is 0 Å². The van der Waals surface area contributed by atoms with Crippen molar-refractivity contribution in [3.8, 4) is 0 Å². The van der Waals surface area contributed by atoms with E-state index in [1.165, 1.54) is 42.3 Å². The third-order valence-corrected chi connectivity index (χ3v) is 4.96. The zero-order chi connectivity index (χ0) is 30.6. The first-order valence-corrected chi connectivity index (χ1v) is 14.3. The number of hydrogen-bond acceptors (Lipinski definition) is 5. The lowest BCUT2D eigenvalue weighted by Gasteiger charge is -2.05. The van der Waals surface area contributed by atoms with Crippen molar-refractivity contribution in [2.24, 2.45) is 5.73 Å². The van der Waals surface area contributed by atoms with Crippen LogP contribution in [0.15, 0.2) is 73.6 Å². The molecule has 1 aliphatic rings. The van der Waals surface area contributed by atoms with Crippen LogP contribution >= 0.6 is 0 Å². The van der Waals surface area contributed by atoms with Crippen molar-refractivity contribution >= 4 is 11.5 Å². The number of allylic oxidation sites excluding steroid dienone is 1. The lowest BCUT2D eigenvalue weighted by Crippen LogP contribution is -2.23. The smallest absolute Gasteiger partial charge is 0.129 e. The second-order valence-corrected chi connectivity index (χ2v) is 9.47. The Morgan fingerprint density at radius 1 is 1.05 bits per heavy atom. The summed E-state index contributed by atoms with van der Waals surface area (Å²) < 4.78 is 0. The summed E-state index contributed by atoms with van der Waals surface area (Å²) >= 11 is 0. The molecule has 0 unspecified atom stereocenters. The molecule has 4 N–H and O–H groups in total. The van der Waals surface area contributed by atoms with Crippen molar-refractivity contribution in [3.05, 3.63) is 90.3 Å². The van der Waals surface area contributed by atoms with E-state index >= 15 is 0 Å². The van der Waals surface area contributed by atoms with Gasteiger partial charge in [-0.05, 0) is 75.8 Å². The third-order valence-electron chi connectivity index (χ3n) is 4.96. The Morgan fingerprint density at radius 3 is 1.90 bits per heavy atom. The molecular formula is C34H60N4O. The van der Waals surface area contributed by atoms with E-state index in [-0.39, 0.29) is 5.78 Å². The first-order valence-electron chi connectivity index (χ1n) is 14.3. The minimum atomic E-state index is 0.255. The lowest BCUT2D eigenvalue weighted by molar-refractivity contribution is -0.116. The Morgan fingerprint density at radius 2 is 1.54 bits per heavy atom. The van der Waals surface area contributed by atoms with Crippen LogP contribution in [0.25, 0.3) is 0 Å². The molecule has 0 spiro atoms. The van der Waals surface area contributed by atoms with E-state index in [0.717, 1.165) is 24.5 Å². The van der Waals surface area contributed by atoms with Gasteiger partial charge in [0.1, 0.15) is 5.78 Å². The molecule has 0 atom stereocenters. The van der Waals surface area contributed by atoms with Crippen LogP contribution in [0.4, 0.5) is 5.69 Å². The predicted molar refractivity (Wildman–Crippen MR) is 176 cm³/mol. The number of unbranched alkanes of at least 4 members (excludes halogenated alkanes) is 1. The SMILES string of the molecule is C=C(C)Nc1cccc(C)c1.C=CN.CC.CCC(C)=O.CCCCNC(C)C.CN1Cc2ccccc2C1. The second-order valence-electron chi connectivity index (χ2n) is 9.47. The molecular weight excluding hydrogens is 480 g/mol. The molecule has 2 aromatic rings. The number of rotatable bonds is 7. The van der Waals surface area contributed by atoms with E-state index in [0.29, 0.717) is 12.5 Å². The maximum atomic E-state index is 9.81. The van der Waals surface area contributed by atoms with Gasteiger partial charge in [0.25, 0.3) is 0 Å². The van der Waals surface area contributed by atoms with Gasteiger partial charge in [-0.15, -0.1) is 0 Å². The van der Waals surface area contributed by atoms with Crippen LogP contribution in [-0.2, 0) is 17.9 Å². The first-order chi connectivity index (χ1) is 18.5. The number of carbonyl (C=O) groups excluding carboxylic acids is 1. The summed E-state index contributed by atoms with van der Waals surface area (Å²) in [5.74, 6) is 0.255. The summed E-state index contributed by atoms with van der Waals surface area (Å²) in [6, 6.07) is 17.5. The number of aryl methyl sites for hydroxylation is 1. The Balaban J connectivity index is -0.000000431. The summed E-state index contributed by atoms with van der Waals surface area (Å²) in [7, 11) is 2.15. The van der Waals surface area contributed by atoms with Gasteiger partial charge in [-0.1, -0.05) is 97.5 Å². The van der Waals surface area contributed by atoms with Crippen LogP contribution in [0.5, 0.6) is 0 Å². The number of nitrogens with zero attached hydrogens (tertiary/aromatic N) is 1. The van der Waals surface area contributed by atoms with Crippen molar-refractivity contribution in [2.75, 3.05) is 18.9 Å². The van der Waals surface area contributed by atoms with Gasteiger partial charge in [0.15, 0.2) is 0 Å². The molecule has 0 amide bonds. The number of benzene rings is 2. The molecule has 5 heteroatoms. The highest BCUT2D eigenvalue weighted by Gasteiger charge is 2.12. The number of ketones is 1. The molecule has 0 bridgehead atoms. The number of Topliss-reactive ketones (excluding diaryl/α,β-unsaturated/α-hetero) is 1. The number of nitrogens with two attached hydrogens (primary N) is 1. The summed E-state index contributed by atoms with van der Waals surface area (Å²) in [5.41, 5.74) is 10.9. The average molecular weight is 541 g/mol. The van der Waals surface area contributed by atoms with E-state index in [1.807, 2.05) is 39.8 Å². The third kappa shape index (κ3) is 27.9. The van der Waals surface area contributed by atoms with E-state index in [1.54, 1.807) is 6.92 Å². The first kappa shape index (κ1) is 40.6. The molecule has 5 nitrogen and oxygen atoms in total. The van der Waals surface area contributed by atoms with Gasteiger partial charge < -0.3 is 21.2 Å². The van der Waals surface area contributed by atoms with E-state index < -0.39 is 0 Å². The van der Waals surface area contributed by atoms with Gasteiger partial charge in [-0.2, -0.15) is 0 Å². The van der Waals surface area contributed by atoms with E-state index in [9.17, 15) is 4.79 Å². The Kier molecular flexibility index (Phi) is 29.3. The summed E-state index contributed by atoms with van der Waals surface area (Å²) in [5, 5.41) is 6.50. The van der Waals surface area contributed by atoms with Gasteiger partial charge in [-0.3, -0.25) is 4.90 Å². The quantitative estimate of drug-likeness (QED) is 0.307. The number of anilines is 1. The van der Waals surface area contributed by atoms with Crippen LogP contribution in [0.3, 0.4) is 0 Å². The van der Waals surface area contributed by atoms with Gasteiger partial charge in [-0.25, -0.2) is 0 Å². The topological polar surface area (TPSA) is 70.4 Å². The fourth-order valence-corrected chi connectivity index (χ4v) is 3.04. The summed E-state index contributed by atoms with van der Waals surface area (Å²) in [4.78, 5) is 12.1. The van der Waals surface area contributed by atoms with Crippen LogP contribution in [0.1, 0.15) is 91.3 Å². The molecule has 3 rings (SSSR count). The fraction of sp³-hybridized carbons (Fsp3) is 0.500. The van der Waals surface area contributed by atoms with Crippen LogP contribution in [-0.4, -0.2) is 30.3 Å². The molecule has 222 valence electrons. The van der Waals surface area contributed by atoms with Crippen molar-refractivity contribution in [2.45, 2.75) is 101 Å². The van der Waals surface area contributed by atoms with Crippen molar-refractivity contribution in [3.63, 3.8) is 0 Å². The van der Waals surface area contributed by atoms with Crippen molar-refractivity contribution in [1.29, 1.82) is 0 Å². The Labute approximate surface area is 242 Å². The predicted octanol–water partition coefficient (Wildman–Crippen LogP) is 8.46. The van der Waals surface area contributed by atoms with Crippen LogP contribution < -0.4 is 16.4 Å². The minimum Gasteiger partial charge on any atom is -0.405 e. The number of fused-ring (bicyclic) bond motifs is 1. The molecule has 1 heterocycles. The van der Waals surface area contributed by atoms with Crippen molar-refractivity contribution < 1.29 is 4.79 Å². The van der Waals surface area contributed by atoms with E-state index in [2.05, 4.69) is 106 Å². The largest absolute Gasteiger partial charge is 0.405 e. The minimum absolute atomic E-state index is 0.255. The highest BCUT2D eigenvalue weighted by molar-refractivity contribution is 5.74. The zero-order valence-electron chi connectivity index (χ0n) is 26.9. The molecule has 0 aromatic heterocycles. The van der Waals surface area contributed by atoms with Gasteiger partial charge in [0.05, 0.1) is 0 Å². The second kappa shape index (κ2) is 28.1. The average Bonchev–Trinajstić information content (AvgIpc) is 3.27. The highest BCUT2D eigenvalue weighted by atomic mass is 16.1. The number of nitrogens with one attached hydrogen (secondary N) is 2. The maximum Gasteiger partial charge on any atom is 0.129 e. The number of carbonyl (C=O) groups is 1. The Hall–Kier alpha value is -2.89. The maximum absolute atomic E-state index is 9.81. The van der Waals surface area contributed by atoms with Crippen molar-refractivity contribution in [1.82, 2.24) is 10.2 Å². The fourth-order valence-electron chi connectivity index (χ4n) is 3.04. The monoisotopic (exact) mass is 540 g/mol. The molecule has 2 aromatic carbocycles. The lowest BCUT2D eigenvalue weighted by atomic mass is 10.1. The molecule has 0 saturated carbocycles. The molecule has 1 aliphatic heterocycles. The normalized spacial score (nSPS) is 10.6.